The number of rotatable bonds is 3. The Balaban J connectivity index is 0.000000168. The van der Waals surface area contributed by atoms with Crippen molar-refractivity contribution < 1.29 is 14.4 Å². The Morgan fingerprint density at radius 2 is 1.86 bits per heavy atom. The Kier molecular flexibility index (Phi) is 7.83. The zero-order valence-electron chi connectivity index (χ0n) is 19.2. The minimum Gasteiger partial charge on any atom is -0.391 e. The molecule has 1 unspecified atom stereocenters. The maximum absolute atomic E-state index is 11.8. The van der Waals surface area contributed by atoms with E-state index in [-0.39, 0.29) is 11.8 Å². The summed E-state index contributed by atoms with van der Waals surface area (Å²) in [6.45, 7) is 4.88. The predicted octanol–water partition coefficient (Wildman–Crippen LogP) is 2.26. The highest BCUT2D eigenvalue weighted by Crippen LogP contribution is 2.29. The molecule has 1 aromatic heterocycles. The summed E-state index contributed by atoms with van der Waals surface area (Å²) in [6, 6.07) is 17.3. The molecule has 2 aliphatic rings. The normalized spacial score (nSPS) is 17.2. The highest BCUT2D eigenvalue weighted by Gasteiger charge is 2.23. The molecule has 1 amide bonds. The van der Waals surface area contributed by atoms with Crippen molar-refractivity contribution in [2.45, 2.75) is 13.1 Å². The fourth-order valence-electron chi connectivity index (χ4n) is 3.76. The van der Waals surface area contributed by atoms with E-state index in [1.807, 2.05) is 61.5 Å². The second-order valence-corrected chi connectivity index (χ2v) is 8.57. The molecule has 10 nitrogen and oxygen atoms in total. The number of benzene rings is 2. The van der Waals surface area contributed by atoms with Crippen LogP contribution in [0.3, 0.4) is 0 Å². The van der Waals surface area contributed by atoms with E-state index in [1.165, 1.54) is 11.5 Å². The molecule has 182 valence electrons. The third-order valence-corrected chi connectivity index (χ3v) is 6.51. The molecule has 1 fully saturated rings. The van der Waals surface area contributed by atoms with Crippen molar-refractivity contribution in [3.63, 3.8) is 0 Å². The molecule has 6 N–H and O–H groups in total. The summed E-state index contributed by atoms with van der Waals surface area (Å²) < 4.78 is 9.53. The van der Waals surface area contributed by atoms with Gasteiger partial charge in [0, 0.05) is 24.2 Å². The van der Waals surface area contributed by atoms with Crippen molar-refractivity contribution >= 4 is 39.7 Å². The summed E-state index contributed by atoms with van der Waals surface area (Å²) in [5.41, 5.74) is 10.6. The molecule has 5 rings (SSSR count). The summed E-state index contributed by atoms with van der Waals surface area (Å²) in [5.74, 6) is 4.71. The third-order valence-electron chi connectivity index (χ3n) is 5.51. The van der Waals surface area contributed by atoms with Gasteiger partial charge in [0.25, 0.3) is 5.91 Å². The van der Waals surface area contributed by atoms with Crippen molar-refractivity contribution in [2.75, 3.05) is 36.5 Å². The van der Waals surface area contributed by atoms with Gasteiger partial charge in [-0.2, -0.15) is 10.3 Å². The first-order valence-corrected chi connectivity index (χ1v) is 11.8. The summed E-state index contributed by atoms with van der Waals surface area (Å²) in [6.07, 6.45) is -0.886. The molecule has 3 heterocycles. The van der Waals surface area contributed by atoms with Gasteiger partial charge in [0.05, 0.1) is 35.9 Å². The Hall–Kier alpha value is -3.64. The fraction of sp³-hybridized carbons (Fsp3) is 0.250. The van der Waals surface area contributed by atoms with Crippen LogP contribution < -0.4 is 21.8 Å². The van der Waals surface area contributed by atoms with Crippen LogP contribution in [-0.4, -0.2) is 54.4 Å². The Morgan fingerprint density at radius 1 is 1.17 bits per heavy atom. The molecule has 2 aromatic carbocycles. The second kappa shape index (κ2) is 11.2. The molecular formula is C24H27N7O3S. The van der Waals surface area contributed by atoms with Crippen LogP contribution in [0.1, 0.15) is 22.4 Å². The number of aromatic nitrogens is 1. The van der Waals surface area contributed by atoms with Gasteiger partial charge < -0.3 is 25.5 Å². The molecule has 11 heteroatoms. The quantitative estimate of drug-likeness (QED) is 0.248. The SMILES string of the molecule is Cc1nsc(N2CCOCC2)c1C(=N)ON.NC1N=C(c2ccccc2)c2ccccc2NC1=O. The number of amides is 1. The standard InChI is InChI=1S/C15H13N3O.C9H14N4O2S/c16-14-15(19)17-12-9-5-4-8-11(12)13(18-14)10-6-2-1-3-7-10;1-6-7(8(10)15-11)9(16-12-6)13-2-4-14-5-3-13/h1-9,14H,16H2,(H,17,19);10H,2-5,11H2,1H3. The van der Waals surface area contributed by atoms with Crippen molar-refractivity contribution in [3.8, 4) is 0 Å². The lowest BCUT2D eigenvalue weighted by molar-refractivity contribution is -0.117. The van der Waals surface area contributed by atoms with Gasteiger partial charge in [-0.05, 0) is 24.5 Å². The van der Waals surface area contributed by atoms with Crippen LogP contribution in [0.5, 0.6) is 0 Å². The number of carbonyl (C=O) groups is 1. The van der Waals surface area contributed by atoms with E-state index in [9.17, 15) is 4.79 Å². The number of ether oxygens (including phenoxy) is 1. The first-order chi connectivity index (χ1) is 17.0. The molecule has 0 spiro atoms. The number of morpholine rings is 1. The first-order valence-electron chi connectivity index (χ1n) is 11.0. The lowest BCUT2D eigenvalue weighted by atomic mass is 10.0. The van der Waals surface area contributed by atoms with E-state index >= 15 is 0 Å². The van der Waals surface area contributed by atoms with E-state index in [2.05, 4.69) is 24.4 Å². The molecule has 2 aliphatic heterocycles. The average molecular weight is 494 g/mol. The lowest BCUT2D eigenvalue weighted by Crippen LogP contribution is -2.36. The van der Waals surface area contributed by atoms with Gasteiger partial charge in [-0.25, -0.2) is 0 Å². The maximum Gasteiger partial charge on any atom is 0.263 e. The number of aryl methyl sites for hydroxylation is 1. The fourth-order valence-corrected chi connectivity index (χ4v) is 4.70. The van der Waals surface area contributed by atoms with E-state index < -0.39 is 6.17 Å². The molecule has 3 aromatic rings. The van der Waals surface area contributed by atoms with Crippen LogP contribution in [0.25, 0.3) is 0 Å². The Labute approximate surface area is 207 Å². The average Bonchev–Trinajstić information content (AvgIpc) is 3.24. The topological polar surface area (TPSA) is 152 Å². The van der Waals surface area contributed by atoms with E-state index in [1.54, 1.807) is 0 Å². The number of nitrogens with one attached hydrogen (secondary N) is 2. The molecule has 1 saturated heterocycles. The minimum absolute atomic E-state index is 0.0345. The monoisotopic (exact) mass is 493 g/mol. The second-order valence-electron chi connectivity index (χ2n) is 7.82. The largest absolute Gasteiger partial charge is 0.391 e. The number of fused-ring (bicyclic) bond motifs is 1. The molecule has 0 bridgehead atoms. The van der Waals surface area contributed by atoms with Crippen molar-refractivity contribution in [1.29, 1.82) is 5.41 Å². The molecule has 35 heavy (non-hydrogen) atoms. The molecule has 1 atom stereocenters. The molecule has 0 radical (unpaired) electrons. The predicted molar refractivity (Wildman–Crippen MR) is 137 cm³/mol. The van der Waals surface area contributed by atoms with Crippen molar-refractivity contribution in [3.05, 3.63) is 77.0 Å². The van der Waals surface area contributed by atoms with Gasteiger partial charge in [-0.3, -0.25) is 15.2 Å². The summed E-state index contributed by atoms with van der Waals surface area (Å²) >= 11 is 1.37. The number of aliphatic imine (C=N–C) groups is 1. The Morgan fingerprint density at radius 3 is 2.57 bits per heavy atom. The number of nitrogens with two attached hydrogens (primary N) is 2. The first kappa shape index (κ1) is 24.5. The van der Waals surface area contributed by atoms with Gasteiger partial charge >= 0.3 is 0 Å². The third kappa shape index (κ3) is 5.54. The minimum atomic E-state index is -0.886. The van der Waals surface area contributed by atoms with Crippen LogP contribution in [0.2, 0.25) is 0 Å². The highest BCUT2D eigenvalue weighted by molar-refractivity contribution is 7.10. The number of para-hydroxylation sites is 1. The van der Waals surface area contributed by atoms with Gasteiger partial charge in [0.15, 0.2) is 6.17 Å². The number of nitrogens with zero attached hydrogens (tertiary/aromatic N) is 3. The van der Waals surface area contributed by atoms with E-state index in [4.69, 9.17) is 21.8 Å². The number of carbonyl (C=O) groups excluding carboxylic acids is 1. The van der Waals surface area contributed by atoms with Crippen LogP contribution in [-0.2, 0) is 14.4 Å². The van der Waals surface area contributed by atoms with Crippen molar-refractivity contribution in [1.82, 2.24) is 4.37 Å². The highest BCUT2D eigenvalue weighted by atomic mass is 32.1. The number of benzodiazepines with no additional fused rings is 1. The molecule has 0 aliphatic carbocycles. The summed E-state index contributed by atoms with van der Waals surface area (Å²) in [7, 11) is 0. The number of anilines is 2. The lowest BCUT2D eigenvalue weighted by Gasteiger charge is -2.27. The zero-order chi connectivity index (χ0) is 24.8. The summed E-state index contributed by atoms with van der Waals surface area (Å²) in [5, 5.41) is 11.4. The number of hydrogen-bond acceptors (Lipinski definition) is 10. The maximum atomic E-state index is 11.8. The van der Waals surface area contributed by atoms with Gasteiger partial charge in [0.2, 0.25) is 5.90 Å². The van der Waals surface area contributed by atoms with Crippen LogP contribution >= 0.6 is 11.5 Å². The zero-order valence-corrected chi connectivity index (χ0v) is 20.0. The van der Waals surface area contributed by atoms with Crippen LogP contribution in [0, 0.1) is 12.3 Å². The summed E-state index contributed by atoms with van der Waals surface area (Å²) in [4.78, 5) is 22.8. The molecular weight excluding hydrogens is 466 g/mol. The van der Waals surface area contributed by atoms with Gasteiger partial charge in [-0.15, -0.1) is 0 Å². The molecule has 0 saturated carbocycles. The van der Waals surface area contributed by atoms with E-state index in [0.717, 1.165) is 46.3 Å². The number of hydrogen-bond donors (Lipinski definition) is 4. The van der Waals surface area contributed by atoms with E-state index in [0.29, 0.717) is 18.8 Å². The van der Waals surface area contributed by atoms with Crippen LogP contribution in [0.15, 0.2) is 59.6 Å². The van der Waals surface area contributed by atoms with Crippen molar-refractivity contribution in [2.24, 2.45) is 16.6 Å². The van der Waals surface area contributed by atoms with Gasteiger partial charge in [-0.1, -0.05) is 48.5 Å². The Bertz CT molecular complexity index is 1220. The van der Waals surface area contributed by atoms with Crippen LogP contribution in [0.4, 0.5) is 10.7 Å². The van der Waals surface area contributed by atoms with Gasteiger partial charge in [0.1, 0.15) is 5.00 Å². The smallest absolute Gasteiger partial charge is 0.263 e.